The van der Waals surface area contributed by atoms with Gasteiger partial charge in [-0.05, 0) is 37.1 Å². The van der Waals surface area contributed by atoms with Gasteiger partial charge >= 0.3 is 0 Å². The Balaban J connectivity index is 1.45. The summed E-state index contributed by atoms with van der Waals surface area (Å²) in [6.45, 7) is 7.11. The molecule has 0 saturated carbocycles. The number of rotatable bonds is 5. The second-order valence-corrected chi connectivity index (χ2v) is 6.19. The minimum Gasteiger partial charge on any atom is -0.302 e. The number of nitrogens with zero attached hydrogens (tertiary/aromatic N) is 2. The van der Waals surface area contributed by atoms with Gasteiger partial charge in [0, 0.05) is 26.2 Å². The third-order valence-corrected chi connectivity index (χ3v) is 4.49. The van der Waals surface area contributed by atoms with Crippen molar-refractivity contribution in [3.05, 3.63) is 71.8 Å². The molecule has 2 aromatic rings. The minimum atomic E-state index is 1.09. The maximum Gasteiger partial charge on any atom is 0.0234 e. The molecule has 2 heteroatoms. The summed E-state index contributed by atoms with van der Waals surface area (Å²) in [6, 6.07) is 21.7. The van der Waals surface area contributed by atoms with Crippen molar-refractivity contribution < 1.29 is 0 Å². The molecule has 2 nitrogen and oxygen atoms in total. The van der Waals surface area contributed by atoms with Gasteiger partial charge in [-0.3, -0.25) is 4.90 Å². The van der Waals surface area contributed by atoms with Crippen molar-refractivity contribution >= 4 is 0 Å². The quantitative estimate of drug-likeness (QED) is 0.833. The van der Waals surface area contributed by atoms with E-state index in [-0.39, 0.29) is 0 Å². The van der Waals surface area contributed by atoms with Crippen LogP contribution in [0.1, 0.15) is 17.5 Å². The molecule has 0 spiro atoms. The van der Waals surface area contributed by atoms with E-state index in [2.05, 4.69) is 70.5 Å². The van der Waals surface area contributed by atoms with Crippen LogP contribution in [0.3, 0.4) is 0 Å². The van der Waals surface area contributed by atoms with Gasteiger partial charge in [0.05, 0.1) is 0 Å². The second-order valence-electron chi connectivity index (χ2n) is 6.19. The summed E-state index contributed by atoms with van der Waals surface area (Å²) in [5.74, 6) is 0. The molecular weight excluding hydrogens is 268 g/mol. The van der Waals surface area contributed by atoms with Gasteiger partial charge in [0.25, 0.3) is 0 Å². The Morgan fingerprint density at radius 1 is 0.636 bits per heavy atom. The second kappa shape index (κ2) is 8.11. The number of hydrogen-bond acceptors (Lipinski definition) is 2. The van der Waals surface area contributed by atoms with Gasteiger partial charge in [-0.25, -0.2) is 0 Å². The van der Waals surface area contributed by atoms with Crippen molar-refractivity contribution in [3.63, 3.8) is 0 Å². The molecule has 3 rings (SSSR count). The Morgan fingerprint density at radius 2 is 1.23 bits per heavy atom. The fraction of sp³-hybridized carbons (Fsp3) is 0.400. The highest BCUT2D eigenvalue weighted by Crippen LogP contribution is 2.10. The highest BCUT2D eigenvalue weighted by molar-refractivity contribution is 5.15. The van der Waals surface area contributed by atoms with E-state index in [4.69, 9.17) is 0 Å². The molecule has 0 radical (unpaired) electrons. The van der Waals surface area contributed by atoms with Crippen molar-refractivity contribution in [2.75, 3.05) is 32.7 Å². The normalized spacial score (nSPS) is 17.3. The summed E-state index contributed by atoms with van der Waals surface area (Å²) in [5.41, 5.74) is 2.88. The van der Waals surface area contributed by atoms with Gasteiger partial charge in [-0.15, -0.1) is 0 Å². The molecule has 1 saturated heterocycles. The molecule has 0 aromatic heterocycles. The van der Waals surface area contributed by atoms with E-state index in [1.807, 2.05) is 0 Å². The molecule has 0 unspecified atom stereocenters. The van der Waals surface area contributed by atoms with Gasteiger partial charge < -0.3 is 4.90 Å². The van der Waals surface area contributed by atoms with E-state index in [0.29, 0.717) is 0 Å². The molecule has 22 heavy (non-hydrogen) atoms. The first-order valence-electron chi connectivity index (χ1n) is 8.43. The predicted molar refractivity (Wildman–Crippen MR) is 92.9 cm³/mol. The Hall–Kier alpha value is -1.64. The molecule has 1 aliphatic rings. The number of benzene rings is 2. The monoisotopic (exact) mass is 294 g/mol. The van der Waals surface area contributed by atoms with Gasteiger partial charge in [0.1, 0.15) is 0 Å². The molecular formula is C20H26N2. The highest BCUT2D eigenvalue weighted by Gasteiger charge is 2.14. The molecule has 0 N–H and O–H groups in total. The van der Waals surface area contributed by atoms with Crippen LogP contribution in [0.15, 0.2) is 60.7 Å². The summed E-state index contributed by atoms with van der Waals surface area (Å²) < 4.78 is 0. The molecule has 0 bridgehead atoms. The van der Waals surface area contributed by atoms with E-state index in [0.717, 1.165) is 6.54 Å². The predicted octanol–water partition coefficient (Wildman–Crippen LogP) is 3.44. The lowest BCUT2D eigenvalue weighted by molar-refractivity contribution is 0.253. The third-order valence-electron chi connectivity index (χ3n) is 4.49. The maximum atomic E-state index is 2.62. The van der Waals surface area contributed by atoms with Crippen LogP contribution in [-0.4, -0.2) is 42.5 Å². The van der Waals surface area contributed by atoms with E-state index in [1.54, 1.807) is 0 Å². The Labute approximate surface area is 134 Å². The van der Waals surface area contributed by atoms with Crippen molar-refractivity contribution in [2.24, 2.45) is 0 Å². The Morgan fingerprint density at radius 3 is 1.95 bits per heavy atom. The Bertz CT molecular complexity index is 538. The molecule has 1 heterocycles. The van der Waals surface area contributed by atoms with E-state index >= 15 is 0 Å². The smallest absolute Gasteiger partial charge is 0.0234 e. The van der Waals surface area contributed by atoms with Gasteiger partial charge in [0.2, 0.25) is 0 Å². The lowest BCUT2D eigenvalue weighted by Gasteiger charge is -2.22. The van der Waals surface area contributed by atoms with Gasteiger partial charge in [-0.1, -0.05) is 60.7 Å². The summed E-state index contributed by atoms with van der Waals surface area (Å²) in [6.07, 6.45) is 2.45. The first-order valence-corrected chi connectivity index (χ1v) is 8.43. The van der Waals surface area contributed by atoms with Crippen molar-refractivity contribution in [1.29, 1.82) is 0 Å². The SMILES string of the molecule is c1ccc(CCN2CCCN(Cc3ccccc3)CC2)cc1. The highest BCUT2D eigenvalue weighted by atomic mass is 15.2. The van der Waals surface area contributed by atoms with Crippen LogP contribution in [0.25, 0.3) is 0 Å². The lowest BCUT2D eigenvalue weighted by atomic mass is 10.1. The summed E-state index contributed by atoms with van der Waals surface area (Å²) in [4.78, 5) is 5.22. The van der Waals surface area contributed by atoms with Crippen LogP contribution < -0.4 is 0 Å². The average Bonchev–Trinajstić information content (AvgIpc) is 2.80. The molecule has 0 amide bonds. The number of hydrogen-bond donors (Lipinski definition) is 0. The first kappa shape index (κ1) is 15.3. The molecule has 2 aromatic carbocycles. The fourth-order valence-electron chi connectivity index (χ4n) is 3.18. The van der Waals surface area contributed by atoms with Gasteiger partial charge in [0.15, 0.2) is 0 Å². The lowest BCUT2D eigenvalue weighted by Crippen LogP contribution is -2.31. The topological polar surface area (TPSA) is 6.48 Å². The van der Waals surface area contributed by atoms with Crippen molar-refractivity contribution in [1.82, 2.24) is 9.80 Å². The molecule has 0 aliphatic carbocycles. The largest absolute Gasteiger partial charge is 0.302 e. The van der Waals surface area contributed by atoms with E-state index in [9.17, 15) is 0 Å². The standard InChI is InChI=1S/C20H26N2/c1-3-8-19(9-4-1)12-15-21-13-7-14-22(17-16-21)18-20-10-5-2-6-11-20/h1-6,8-11H,7,12-18H2. The summed E-state index contributed by atoms with van der Waals surface area (Å²) >= 11 is 0. The van der Waals surface area contributed by atoms with Crippen LogP contribution >= 0.6 is 0 Å². The molecule has 0 atom stereocenters. The summed E-state index contributed by atoms with van der Waals surface area (Å²) in [7, 11) is 0. The fourth-order valence-corrected chi connectivity index (χ4v) is 3.18. The van der Waals surface area contributed by atoms with E-state index < -0.39 is 0 Å². The van der Waals surface area contributed by atoms with Crippen LogP contribution in [0.5, 0.6) is 0 Å². The van der Waals surface area contributed by atoms with Crippen LogP contribution in [0, 0.1) is 0 Å². The molecule has 1 aliphatic heterocycles. The zero-order valence-electron chi connectivity index (χ0n) is 13.3. The molecule has 116 valence electrons. The Kier molecular flexibility index (Phi) is 5.63. The minimum absolute atomic E-state index is 1.09. The van der Waals surface area contributed by atoms with Crippen LogP contribution in [-0.2, 0) is 13.0 Å². The zero-order valence-corrected chi connectivity index (χ0v) is 13.3. The van der Waals surface area contributed by atoms with Crippen molar-refractivity contribution in [2.45, 2.75) is 19.4 Å². The first-order chi connectivity index (χ1) is 10.9. The van der Waals surface area contributed by atoms with Crippen molar-refractivity contribution in [3.8, 4) is 0 Å². The maximum absolute atomic E-state index is 2.62. The van der Waals surface area contributed by atoms with E-state index in [1.165, 1.54) is 56.7 Å². The van der Waals surface area contributed by atoms with Crippen LogP contribution in [0.4, 0.5) is 0 Å². The average molecular weight is 294 g/mol. The zero-order chi connectivity index (χ0) is 15.0. The van der Waals surface area contributed by atoms with Crippen LogP contribution in [0.2, 0.25) is 0 Å². The van der Waals surface area contributed by atoms with Gasteiger partial charge in [-0.2, -0.15) is 0 Å². The third kappa shape index (κ3) is 4.69. The molecule has 1 fully saturated rings. The summed E-state index contributed by atoms with van der Waals surface area (Å²) in [5, 5.41) is 0.